The third-order valence-electron chi connectivity index (χ3n) is 2.30. The largest absolute Gasteiger partial charge is 0.416 e. The maximum Gasteiger partial charge on any atom is 0.416 e. The summed E-state index contributed by atoms with van der Waals surface area (Å²) < 4.78 is 41.7. The summed E-state index contributed by atoms with van der Waals surface area (Å²) in [5, 5.41) is 0. The van der Waals surface area contributed by atoms with Crippen LogP contribution in [-0.4, -0.2) is 13.7 Å². The smallest absolute Gasteiger partial charge is 0.385 e. The van der Waals surface area contributed by atoms with Crippen LogP contribution >= 0.6 is 0 Å². The molecule has 16 heavy (non-hydrogen) atoms. The number of methoxy groups -OCH3 is 1. The van der Waals surface area contributed by atoms with Crippen molar-refractivity contribution in [1.29, 1.82) is 0 Å². The zero-order valence-electron chi connectivity index (χ0n) is 8.92. The average Bonchev–Trinajstić information content (AvgIpc) is 2.25. The normalized spacial score (nSPS) is 13.8. The number of ether oxygens (including phenoxy) is 1. The van der Waals surface area contributed by atoms with Crippen LogP contribution in [0.1, 0.15) is 23.6 Å². The van der Waals surface area contributed by atoms with Crippen LogP contribution in [0.15, 0.2) is 24.3 Å². The molecule has 2 nitrogen and oxygen atoms in total. The van der Waals surface area contributed by atoms with Crippen molar-refractivity contribution >= 4 is 0 Å². The van der Waals surface area contributed by atoms with Gasteiger partial charge in [-0.3, -0.25) is 0 Å². The first kappa shape index (κ1) is 13.0. The molecule has 0 spiro atoms. The standard InChI is InChI=1S/C11H14F3NO/c1-16-7-6-10(15)8-2-4-9(5-3-8)11(12,13)14/h2-5,10H,6-7,15H2,1H3. The van der Waals surface area contributed by atoms with Crippen LogP contribution in [0.2, 0.25) is 0 Å². The first-order valence-electron chi connectivity index (χ1n) is 4.87. The van der Waals surface area contributed by atoms with E-state index in [1.165, 1.54) is 12.1 Å². The molecule has 0 aliphatic heterocycles. The summed E-state index contributed by atoms with van der Waals surface area (Å²) >= 11 is 0. The molecule has 0 aliphatic rings. The molecule has 5 heteroatoms. The van der Waals surface area contributed by atoms with Crippen LogP contribution < -0.4 is 5.73 Å². The summed E-state index contributed by atoms with van der Waals surface area (Å²) in [4.78, 5) is 0. The quantitative estimate of drug-likeness (QED) is 0.867. The second-order valence-corrected chi connectivity index (χ2v) is 3.51. The third-order valence-corrected chi connectivity index (χ3v) is 2.30. The average molecular weight is 233 g/mol. The summed E-state index contributed by atoms with van der Waals surface area (Å²) in [6.45, 7) is 0.488. The molecule has 0 saturated carbocycles. The molecular weight excluding hydrogens is 219 g/mol. The molecule has 1 unspecified atom stereocenters. The molecule has 0 aliphatic carbocycles. The molecule has 1 aromatic carbocycles. The Hall–Kier alpha value is -1.07. The van der Waals surface area contributed by atoms with Gasteiger partial charge in [-0.1, -0.05) is 12.1 Å². The number of alkyl halides is 3. The van der Waals surface area contributed by atoms with E-state index in [0.717, 1.165) is 12.1 Å². The van der Waals surface area contributed by atoms with Gasteiger partial charge in [-0.05, 0) is 24.1 Å². The Morgan fingerprint density at radius 1 is 1.25 bits per heavy atom. The van der Waals surface area contributed by atoms with Gasteiger partial charge >= 0.3 is 6.18 Å². The molecule has 0 bridgehead atoms. The number of nitrogens with two attached hydrogens (primary N) is 1. The zero-order chi connectivity index (χ0) is 12.2. The highest BCUT2D eigenvalue weighted by molar-refractivity contribution is 5.26. The van der Waals surface area contributed by atoms with E-state index in [4.69, 9.17) is 10.5 Å². The van der Waals surface area contributed by atoms with E-state index in [0.29, 0.717) is 18.6 Å². The molecule has 2 N–H and O–H groups in total. The van der Waals surface area contributed by atoms with Gasteiger partial charge in [0.25, 0.3) is 0 Å². The van der Waals surface area contributed by atoms with Gasteiger partial charge < -0.3 is 10.5 Å². The minimum atomic E-state index is -4.30. The monoisotopic (exact) mass is 233 g/mol. The van der Waals surface area contributed by atoms with Crippen LogP contribution in [0, 0.1) is 0 Å². The summed E-state index contributed by atoms with van der Waals surface area (Å²) in [5.41, 5.74) is 5.81. The third kappa shape index (κ3) is 3.50. The zero-order valence-corrected chi connectivity index (χ0v) is 8.92. The lowest BCUT2D eigenvalue weighted by atomic mass is 10.0. The van der Waals surface area contributed by atoms with Crippen molar-refractivity contribution in [2.24, 2.45) is 5.73 Å². The van der Waals surface area contributed by atoms with Crippen LogP contribution in [0.3, 0.4) is 0 Å². The molecule has 0 radical (unpaired) electrons. The molecular formula is C11H14F3NO. The lowest BCUT2D eigenvalue weighted by Crippen LogP contribution is -2.13. The van der Waals surface area contributed by atoms with E-state index in [1.54, 1.807) is 7.11 Å². The van der Waals surface area contributed by atoms with Gasteiger partial charge in [0.1, 0.15) is 0 Å². The van der Waals surface area contributed by atoms with Gasteiger partial charge in [0.2, 0.25) is 0 Å². The number of benzene rings is 1. The Labute approximate surface area is 92.2 Å². The Morgan fingerprint density at radius 2 is 1.81 bits per heavy atom. The van der Waals surface area contributed by atoms with Crippen LogP contribution in [0.5, 0.6) is 0 Å². The molecule has 0 amide bonds. The first-order chi connectivity index (χ1) is 7.45. The highest BCUT2D eigenvalue weighted by atomic mass is 19.4. The van der Waals surface area contributed by atoms with Crippen molar-refractivity contribution in [1.82, 2.24) is 0 Å². The fourth-order valence-corrected chi connectivity index (χ4v) is 1.33. The number of hydrogen-bond donors (Lipinski definition) is 1. The molecule has 1 aromatic rings. The Kier molecular flexibility index (Phi) is 4.32. The molecule has 0 saturated heterocycles. The summed E-state index contributed by atoms with van der Waals surface area (Å²) in [5.74, 6) is 0. The number of hydrogen-bond acceptors (Lipinski definition) is 2. The molecule has 1 atom stereocenters. The molecule has 90 valence electrons. The fraction of sp³-hybridized carbons (Fsp3) is 0.455. The number of rotatable bonds is 4. The predicted molar refractivity (Wildman–Crippen MR) is 54.9 cm³/mol. The van der Waals surface area contributed by atoms with Crippen molar-refractivity contribution in [3.8, 4) is 0 Å². The van der Waals surface area contributed by atoms with Gasteiger partial charge in [-0.2, -0.15) is 13.2 Å². The minimum absolute atomic E-state index is 0.290. The Balaban J connectivity index is 2.71. The second kappa shape index (κ2) is 5.32. The summed E-state index contributed by atoms with van der Waals surface area (Å²) in [7, 11) is 1.56. The van der Waals surface area contributed by atoms with E-state index in [9.17, 15) is 13.2 Å². The van der Waals surface area contributed by atoms with Crippen molar-refractivity contribution in [3.63, 3.8) is 0 Å². The maximum absolute atomic E-state index is 12.3. The van der Waals surface area contributed by atoms with Gasteiger partial charge in [0.15, 0.2) is 0 Å². The van der Waals surface area contributed by atoms with Crippen molar-refractivity contribution in [2.75, 3.05) is 13.7 Å². The fourth-order valence-electron chi connectivity index (χ4n) is 1.33. The molecule has 0 fully saturated rings. The molecule has 0 heterocycles. The van der Waals surface area contributed by atoms with E-state index < -0.39 is 11.7 Å². The van der Waals surface area contributed by atoms with E-state index >= 15 is 0 Å². The highest BCUT2D eigenvalue weighted by Crippen LogP contribution is 2.29. The van der Waals surface area contributed by atoms with Crippen molar-refractivity contribution in [3.05, 3.63) is 35.4 Å². The SMILES string of the molecule is COCCC(N)c1ccc(C(F)(F)F)cc1. The molecule has 0 aromatic heterocycles. The predicted octanol–water partition coefficient (Wildman–Crippen LogP) is 2.74. The Bertz CT molecular complexity index is 321. The maximum atomic E-state index is 12.3. The van der Waals surface area contributed by atoms with Crippen molar-refractivity contribution in [2.45, 2.75) is 18.6 Å². The van der Waals surface area contributed by atoms with Crippen molar-refractivity contribution < 1.29 is 17.9 Å². The topological polar surface area (TPSA) is 35.2 Å². The number of halogens is 3. The van der Waals surface area contributed by atoms with Gasteiger partial charge in [-0.25, -0.2) is 0 Å². The van der Waals surface area contributed by atoms with Crippen LogP contribution in [-0.2, 0) is 10.9 Å². The van der Waals surface area contributed by atoms with Gasteiger partial charge in [0, 0.05) is 19.8 Å². The van der Waals surface area contributed by atoms with Gasteiger partial charge in [0.05, 0.1) is 5.56 Å². The highest BCUT2D eigenvalue weighted by Gasteiger charge is 2.30. The summed E-state index contributed by atoms with van der Waals surface area (Å²) in [6.07, 6.45) is -3.71. The van der Waals surface area contributed by atoms with Crippen LogP contribution in [0.4, 0.5) is 13.2 Å². The Morgan fingerprint density at radius 3 is 2.25 bits per heavy atom. The first-order valence-corrected chi connectivity index (χ1v) is 4.87. The lowest BCUT2D eigenvalue weighted by Gasteiger charge is -2.13. The van der Waals surface area contributed by atoms with Crippen LogP contribution in [0.25, 0.3) is 0 Å². The van der Waals surface area contributed by atoms with E-state index in [1.807, 2.05) is 0 Å². The van der Waals surface area contributed by atoms with Gasteiger partial charge in [-0.15, -0.1) is 0 Å². The van der Waals surface area contributed by atoms with E-state index in [2.05, 4.69) is 0 Å². The van der Waals surface area contributed by atoms with E-state index in [-0.39, 0.29) is 6.04 Å². The second-order valence-electron chi connectivity index (χ2n) is 3.51. The lowest BCUT2D eigenvalue weighted by molar-refractivity contribution is -0.137. The molecule has 1 rings (SSSR count). The minimum Gasteiger partial charge on any atom is -0.385 e. The summed E-state index contributed by atoms with van der Waals surface area (Å²) in [6, 6.07) is 4.61.